The average Bonchev–Trinajstić information content (AvgIpc) is 2.92. The molecule has 1 atom stereocenters. The van der Waals surface area contributed by atoms with Crippen LogP contribution in [0.25, 0.3) is 0 Å². The van der Waals surface area contributed by atoms with E-state index in [0.29, 0.717) is 55.4 Å². The van der Waals surface area contributed by atoms with Crippen LogP contribution in [0.15, 0.2) is 47.6 Å². The highest BCUT2D eigenvalue weighted by atomic mass is 16.5. The molecule has 2 aromatic carbocycles. The van der Waals surface area contributed by atoms with E-state index in [-0.39, 0.29) is 11.8 Å². The van der Waals surface area contributed by atoms with E-state index in [1.54, 1.807) is 26.4 Å². The molecule has 1 aliphatic heterocycles. The smallest absolute Gasteiger partial charge is 0.411 e. The number of nitrogens with zero attached hydrogens (tertiary/aromatic N) is 3. The number of hydrazone groups is 1. The van der Waals surface area contributed by atoms with E-state index in [1.807, 2.05) is 30.3 Å². The number of carbonyl (C=O) groups is 2. The van der Waals surface area contributed by atoms with Crippen LogP contribution in [-0.4, -0.2) is 67.1 Å². The largest absolute Gasteiger partial charge is 0.493 e. The monoisotopic (exact) mass is 538 g/mol. The topological polar surface area (TPSA) is 92.7 Å². The lowest BCUT2D eigenvalue weighted by Gasteiger charge is -2.30. The molecule has 0 bridgehead atoms. The van der Waals surface area contributed by atoms with Crippen LogP contribution < -0.4 is 14.8 Å². The second-order valence-electron chi connectivity index (χ2n) is 10.2. The quantitative estimate of drug-likeness (QED) is 0.382. The fourth-order valence-electron chi connectivity index (χ4n) is 4.81. The molecule has 0 aromatic heterocycles. The fraction of sp³-hybridized carbons (Fsp3) is 0.500. The highest BCUT2D eigenvalue weighted by Gasteiger charge is 2.29. The van der Waals surface area contributed by atoms with Crippen molar-refractivity contribution in [3.05, 3.63) is 53.6 Å². The van der Waals surface area contributed by atoms with Crippen LogP contribution in [0.4, 0.5) is 10.5 Å². The van der Waals surface area contributed by atoms with Crippen molar-refractivity contribution in [2.75, 3.05) is 32.7 Å². The third-order valence-corrected chi connectivity index (χ3v) is 6.94. The maximum atomic E-state index is 12.9. The first-order chi connectivity index (χ1) is 18.7. The van der Waals surface area contributed by atoms with Crippen LogP contribution in [-0.2, 0) is 16.1 Å². The number of nitrogens with one attached hydrogen (secondary N) is 1. The minimum Gasteiger partial charge on any atom is -0.493 e. The first kappa shape index (κ1) is 30.0. The van der Waals surface area contributed by atoms with Gasteiger partial charge in [-0.15, -0.1) is 0 Å². The Kier molecular flexibility index (Phi) is 10.7. The number of hydrogen-bond donors (Lipinski definition) is 1. The molecule has 39 heavy (non-hydrogen) atoms. The van der Waals surface area contributed by atoms with Gasteiger partial charge in [0.1, 0.15) is 6.61 Å². The average molecular weight is 539 g/mol. The second-order valence-corrected chi connectivity index (χ2v) is 10.2. The minimum absolute atomic E-state index is 0.0197. The second kappa shape index (κ2) is 14.0. The fourth-order valence-corrected chi connectivity index (χ4v) is 4.81. The SMILES string of the molecule is CCC1CC(=O)N(Cc2ccc(NC(=O)OCCN(C(C)C)C(C)C)cc2)N=C1c1ccc(OC)c(OC)c1. The summed E-state index contributed by atoms with van der Waals surface area (Å²) in [5.74, 6) is 1.27. The molecule has 0 spiro atoms. The molecule has 0 saturated heterocycles. The number of amides is 2. The third-order valence-electron chi connectivity index (χ3n) is 6.94. The zero-order valence-electron chi connectivity index (χ0n) is 24.2. The van der Waals surface area contributed by atoms with Gasteiger partial charge in [0.2, 0.25) is 5.91 Å². The third kappa shape index (κ3) is 7.95. The van der Waals surface area contributed by atoms with Crippen molar-refractivity contribution in [1.29, 1.82) is 0 Å². The van der Waals surface area contributed by atoms with Crippen LogP contribution in [0, 0.1) is 5.92 Å². The van der Waals surface area contributed by atoms with Gasteiger partial charge in [0.05, 0.1) is 26.5 Å². The van der Waals surface area contributed by atoms with E-state index in [9.17, 15) is 9.59 Å². The molecule has 2 amide bonds. The van der Waals surface area contributed by atoms with Gasteiger partial charge >= 0.3 is 6.09 Å². The molecule has 1 heterocycles. The molecule has 0 aliphatic carbocycles. The lowest BCUT2D eigenvalue weighted by molar-refractivity contribution is -0.133. The van der Waals surface area contributed by atoms with Crippen LogP contribution >= 0.6 is 0 Å². The van der Waals surface area contributed by atoms with Gasteiger partial charge in [0.25, 0.3) is 0 Å². The summed E-state index contributed by atoms with van der Waals surface area (Å²) in [6.07, 6.45) is 0.701. The Labute approximate surface area is 232 Å². The van der Waals surface area contributed by atoms with Crippen LogP contribution in [0.5, 0.6) is 11.5 Å². The van der Waals surface area contributed by atoms with Gasteiger partial charge in [-0.05, 0) is 70.0 Å². The molecule has 0 saturated carbocycles. The van der Waals surface area contributed by atoms with E-state index in [2.05, 4.69) is 44.8 Å². The normalized spacial score (nSPS) is 15.5. The van der Waals surface area contributed by atoms with E-state index in [0.717, 1.165) is 23.3 Å². The number of rotatable bonds is 12. The lowest BCUT2D eigenvalue weighted by atomic mass is 9.89. The van der Waals surface area contributed by atoms with Crippen molar-refractivity contribution in [2.45, 2.75) is 66.1 Å². The molecule has 1 unspecified atom stereocenters. The molecular weight excluding hydrogens is 496 g/mol. The number of hydrogen-bond acceptors (Lipinski definition) is 7. The molecule has 0 fully saturated rings. The lowest BCUT2D eigenvalue weighted by Crippen LogP contribution is -2.39. The Balaban J connectivity index is 1.65. The molecule has 3 rings (SSSR count). The van der Waals surface area contributed by atoms with Crippen LogP contribution in [0.2, 0.25) is 0 Å². The van der Waals surface area contributed by atoms with Gasteiger partial charge in [-0.3, -0.25) is 15.0 Å². The summed E-state index contributed by atoms with van der Waals surface area (Å²) < 4.78 is 16.2. The Morgan fingerprint density at radius 1 is 1.05 bits per heavy atom. The standard InChI is InChI=1S/C30H42N4O5/c1-8-23-18-28(35)34(32-29(23)24-11-14-26(37-6)27(17-24)38-7)19-22-9-12-25(13-10-22)31-30(36)39-16-15-33(20(2)3)21(4)5/h9-14,17,20-21,23H,8,15-16,18-19H2,1-7H3,(H,31,36). The van der Waals surface area contributed by atoms with Gasteiger partial charge in [-0.25, -0.2) is 9.80 Å². The van der Waals surface area contributed by atoms with Crippen molar-refractivity contribution in [1.82, 2.24) is 9.91 Å². The summed E-state index contributed by atoms with van der Waals surface area (Å²) in [5, 5.41) is 9.05. The molecule has 1 N–H and O–H groups in total. The number of carbonyl (C=O) groups excluding carboxylic acids is 2. The summed E-state index contributed by atoms with van der Waals surface area (Å²) in [4.78, 5) is 27.4. The van der Waals surface area contributed by atoms with Crippen molar-refractivity contribution < 1.29 is 23.8 Å². The Bertz CT molecular complexity index is 1140. The zero-order valence-corrected chi connectivity index (χ0v) is 24.2. The van der Waals surface area contributed by atoms with Crippen molar-refractivity contribution >= 4 is 23.4 Å². The Hall–Kier alpha value is -3.59. The zero-order chi connectivity index (χ0) is 28.5. The number of methoxy groups -OCH3 is 2. The van der Waals surface area contributed by atoms with Gasteiger partial charge < -0.3 is 14.2 Å². The van der Waals surface area contributed by atoms with Crippen molar-refractivity contribution in [2.24, 2.45) is 11.0 Å². The summed E-state index contributed by atoms with van der Waals surface area (Å²) in [7, 11) is 3.20. The highest BCUT2D eigenvalue weighted by molar-refractivity contribution is 6.06. The van der Waals surface area contributed by atoms with Crippen LogP contribution in [0.1, 0.15) is 58.6 Å². The summed E-state index contributed by atoms with van der Waals surface area (Å²) in [5.41, 5.74) is 3.28. The van der Waals surface area contributed by atoms with Crippen LogP contribution in [0.3, 0.4) is 0 Å². The predicted molar refractivity (Wildman–Crippen MR) is 153 cm³/mol. The van der Waals surface area contributed by atoms with Gasteiger partial charge in [0.15, 0.2) is 11.5 Å². The minimum atomic E-state index is -0.490. The first-order valence-electron chi connectivity index (χ1n) is 13.6. The predicted octanol–water partition coefficient (Wildman–Crippen LogP) is 5.53. The van der Waals surface area contributed by atoms with Gasteiger partial charge in [0, 0.05) is 42.2 Å². The van der Waals surface area contributed by atoms with E-state index >= 15 is 0 Å². The van der Waals surface area contributed by atoms with Gasteiger partial charge in [-0.2, -0.15) is 5.10 Å². The van der Waals surface area contributed by atoms with E-state index in [4.69, 9.17) is 19.3 Å². The van der Waals surface area contributed by atoms with E-state index < -0.39 is 6.09 Å². The molecular formula is C30H42N4O5. The highest BCUT2D eigenvalue weighted by Crippen LogP contribution is 2.31. The molecule has 0 radical (unpaired) electrons. The maximum Gasteiger partial charge on any atom is 0.411 e. The molecule has 1 aliphatic rings. The molecule has 9 nitrogen and oxygen atoms in total. The Morgan fingerprint density at radius 3 is 2.31 bits per heavy atom. The van der Waals surface area contributed by atoms with E-state index in [1.165, 1.54) is 5.01 Å². The maximum absolute atomic E-state index is 12.9. The first-order valence-corrected chi connectivity index (χ1v) is 13.6. The summed E-state index contributed by atoms with van der Waals surface area (Å²) >= 11 is 0. The number of ether oxygens (including phenoxy) is 3. The summed E-state index contributed by atoms with van der Waals surface area (Å²) in [6, 6.07) is 13.8. The molecule has 2 aromatic rings. The van der Waals surface area contributed by atoms with Gasteiger partial charge in [-0.1, -0.05) is 19.1 Å². The molecule has 9 heteroatoms. The summed E-state index contributed by atoms with van der Waals surface area (Å²) in [6.45, 7) is 11.9. The number of benzene rings is 2. The van der Waals surface area contributed by atoms with Crippen molar-refractivity contribution in [3.63, 3.8) is 0 Å². The molecule has 212 valence electrons. The van der Waals surface area contributed by atoms with Crippen molar-refractivity contribution in [3.8, 4) is 11.5 Å². The Morgan fingerprint density at radius 2 is 1.72 bits per heavy atom. The number of anilines is 1.